The molecule has 1 atom stereocenters. The standard InChI is InChI=1S/C29H30ClN3O3S/c1-19-26(29(35)36-17-20-8-4-2-5-9-20)27(21-12-14-22(30)15-13-21)24(16-31)28(32-19)37-18-25(34)33-23-10-6-3-7-11-23/h2,4-5,8-9,12-15,23,27,32H,3,6-7,10-11,17-18H2,1H3,(H,33,34)/t27-/m1/s1. The van der Waals surface area contributed by atoms with Crippen molar-refractivity contribution in [3.05, 3.63) is 92.6 Å². The average Bonchev–Trinajstić information content (AvgIpc) is 2.91. The van der Waals surface area contributed by atoms with Crippen LogP contribution < -0.4 is 10.6 Å². The quantitative estimate of drug-likeness (QED) is 0.405. The number of amides is 1. The van der Waals surface area contributed by atoms with E-state index >= 15 is 0 Å². The van der Waals surface area contributed by atoms with Crippen LogP contribution in [0, 0.1) is 11.3 Å². The van der Waals surface area contributed by atoms with E-state index in [0.29, 0.717) is 26.9 Å². The molecule has 192 valence electrons. The van der Waals surface area contributed by atoms with Gasteiger partial charge in [0, 0.05) is 16.8 Å². The molecule has 0 saturated heterocycles. The molecule has 0 aromatic heterocycles. The van der Waals surface area contributed by atoms with Gasteiger partial charge < -0.3 is 15.4 Å². The molecule has 1 heterocycles. The number of esters is 1. The number of carbonyl (C=O) groups excluding carboxylic acids is 2. The van der Waals surface area contributed by atoms with E-state index < -0.39 is 11.9 Å². The molecule has 0 radical (unpaired) electrons. The van der Waals surface area contributed by atoms with E-state index in [1.54, 1.807) is 19.1 Å². The number of allylic oxidation sites excluding steroid dienone is 2. The van der Waals surface area contributed by atoms with Crippen molar-refractivity contribution >= 4 is 35.2 Å². The van der Waals surface area contributed by atoms with Crippen molar-refractivity contribution in [2.75, 3.05) is 5.75 Å². The molecule has 2 aromatic rings. The lowest BCUT2D eigenvalue weighted by molar-refractivity contribution is -0.140. The van der Waals surface area contributed by atoms with Gasteiger partial charge in [0.25, 0.3) is 0 Å². The number of thioether (sulfide) groups is 1. The van der Waals surface area contributed by atoms with Crippen LogP contribution >= 0.6 is 23.4 Å². The van der Waals surface area contributed by atoms with Gasteiger partial charge in [0.2, 0.25) is 5.91 Å². The SMILES string of the molecule is CC1=C(C(=O)OCc2ccccc2)[C@H](c2ccc(Cl)cc2)C(C#N)=C(SCC(=O)NC2CCCCC2)N1. The van der Waals surface area contributed by atoms with Gasteiger partial charge in [-0.3, -0.25) is 4.79 Å². The molecule has 1 fully saturated rings. The molecule has 1 amide bonds. The minimum Gasteiger partial charge on any atom is -0.457 e. The maximum absolute atomic E-state index is 13.3. The van der Waals surface area contributed by atoms with Gasteiger partial charge in [-0.2, -0.15) is 5.26 Å². The Balaban J connectivity index is 1.56. The van der Waals surface area contributed by atoms with Gasteiger partial charge in [0.15, 0.2) is 0 Å². The normalized spacial score (nSPS) is 18.1. The third-order valence-electron chi connectivity index (χ3n) is 6.60. The first-order chi connectivity index (χ1) is 18.0. The van der Waals surface area contributed by atoms with Crippen LogP contribution in [0.2, 0.25) is 5.02 Å². The number of hydrogen-bond donors (Lipinski definition) is 2. The molecule has 2 aromatic carbocycles. The number of hydrogen-bond acceptors (Lipinski definition) is 6. The van der Waals surface area contributed by atoms with Crippen molar-refractivity contribution < 1.29 is 14.3 Å². The number of halogens is 1. The maximum atomic E-state index is 13.3. The molecule has 8 heteroatoms. The second-order valence-electron chi connectivity index (χ2n) is 9.26. The second-order valence-corrected chi connectivity index (χ2v) is 10.7. The predicted molar refractivity (Wildman–Crippen MR) is 146 cm³/mol. The number of nitrogens with one attached hydrogen (secondary N) is 2. The van der Waals surface area contributed by atoms with Gasteiger partial charge in [-0.05, 0) is 43.0 Å². The van der Waals surface area contributed by atoms with Gasteiger partial charge in [-0.1, -0.05) is 85.1 Å². The fourth-order valence-electron chi connectivity index (χ4n) is 4.74. The lowest BCUT2D eigenvalue weighted by Gasteiger charge is -2.29. The molecule has 0 bridgehead atoms. The number of nitriles is 1. The van der Waals surface area contributed by atoms with Crippen LogP contribution in [0.1, 0.15) is 56.1 Å². The second kappa shape index (κ2) is 12.8. The van der Waals surface area contributed by atoms with Crippen molar-refractivity contribution in [2.45, 2.75) is 57.6 Å². The largest absolute Gasteiger partial charge is 0.457 e. The van der Waals surface area contributed by atoms with Gasteiger partial charge in [0.1, 0.15) is 6.61 Å². The van der Waals surface area contributed by atoms with E-state index in [-0.39, 0.29) is 24.3 Å². The highest BCUT2D eigenvalue weighted by Crippen LogP contribution is 2.41. The summed E-state index contributed by atoms with van der Waals surface area (Å²) < 4.78 is 5.66. The van der Waals surface area contributed by atoms with Gasteiger partial charge in [-0.15, -0.1) is 0 Å². The maximum Gasteiger partial charge on any atom is 0.337 e. The Hall–Kier alpha value is -3.21. The third-order valence-corrected chi connectivity index (χ3v) is 7.87. The zero-order valence-corrected chi connectivity index (χ0v) is 22.3. The predicted octanol–water partition coefficient (Wildman–Crippen LogP) is 5.96. The average molecular weight is 536 g/mol. The van der Waals surface area contributed by atoms with Crippen LogP contribution in [-0.4, -0.2) is 23.7 Å². The Morgan fingerprint density at radius 2 is 1.81 bits per heavy atom. The van der Waals surface area contributed by atoms with Crippen LogP contribution in [0.4, 0.5) is 0 Å². The lowest BCUT2D eigenvalue weighted by atomic mass is 9.82. The first-order valence-corrected chi connectivity index (χ1v) is 13.8. The smallest absolute Gasteiger partial charge is 0.337 e. The van der Waals surface area contributed by atoms with Crippen molar-refractivity contribution in [3.8, 4) is 6.07 Å². The molecule has 0 spiro atoms. The molecule has 4 rings (SSSR count). The van der Waals surface area contributed by atoms with Gasteiger partial charge in [0.05, 0.1) is 33.9 Å². The van der Waals surface area contributed by atoms with E-state index in [9.17, 15) is 14.9 Å². The Bertz CT molecular complexity index is 1230. The van der Waals surface area contributed by atoms with Crippen molar-refractivity contribution in [1.29, 1.82) is 5.26 Å². The summed E-state index contributed by atoms with van der Waals surface area (Å²) in [5.74, 6) is -1.02. The summed E-state index contributed by atoms with van der Waals surface area (Å²) in [6, 6.07) is 19.1. The highest BCUT2D eigenvalue weighted by molar-refractivity contribution is 8.03. The van der Waals surface area contributed by atoms with E-state index in [2.05, 4.69) is 16.7 Å². The highest BCUT2D eigenvalue weighted by atomic mass is 35.5. The molecular formula is C29H30ClN3O3S. The summed E-state index contributed by atoms with van der Waals surface area (Å²) in [6.45, 7) is 1.91. The fourth-order valence-corrected chi connectivity index (χ4v) is 5.77. The molecule has 37 heavy (non-hydrogen) atoms. The van der Waals surface area contributed by atoms with E-state index in [0.717, 1.165) is 36.8 Å². The number of dihydropyridines is 1. The van der Waals surface area contributed by atoms with Gasteiger partial charge >= 0.3 is 5.97 Å². The van der Waals surface area contributed by atoms with Crippen LogP contribution in [-0.2, 0) is 20.9 Å². The highest BCUT2D eigenvalue weighted by Gasteiger charge is 2.35. The summed E-state index contributed by atoms with van der Waals surface area (Å²) in [5.41, 5.74) is 2.95. The topological polar surface area (TPSA) is 91.2 Å². The molecule has 2 N–H and O–H groups in total. The number of ether oxygens (including phenoxy) is 1. The minimum absolute atomic E-state index is 0.0544. The summed E-state index contributed by atoms with van der Waals surface area (Å²) in [4.78, 5) is 26.0. The molecule has 1 saturated carbocycles. The minimum atomic E-state index is -0.643. The molecule has 0 unspecified atom stereocenters. The van der Waals surface area contributed by atoms with Crippen LogP contribution in [0.5, 0.6) is 0 Å². The van der Waals surface area contributed by atoms with E-state index in [4.69, 9.17) is 16.3 Å². The number of carbonyl (C=O) groups is 2. The number of benzene rings is 2. The summed E-state index contributed by atoms with van der Waals surface area (Å²) >= 11 is 7.40. The number of rotatable bonds is 8. The van der Waals surface area contributed by atoms with Crippen molar-refractivity contribution in [1.82, 2.24) is 10.6 Å². The monoisotopic (exact) mass is 535 g/mol. The Morgan fingerprint density at radius 1 is 1.11 bits per heavy atom. The molecular weight excluding hydrogens is 506 g/mol. The Labute approximate surface area is 227 Å². The summed E-state index contributed by atoms with van der Waals surface area (Å²) in [6.07, 6.45) is 5.52. The summed E-state index contributed by atoms with van der Waals surface area (Å²) in [7, 11) is 0. The van der Waals surface area contributed by atoms with Crippen LogP contribution in [0.15, 0.2) is 76.5 Å². The van der Waals surface area contributed by atoms with Gasteiger partial charge in [-0.25, -0.2) is 4.79 Å². The molecule has 2 aliphatic rings. The van der Waals surface area contributed by atoms with Crippen molar-refractivity contribution in [3.63, 3.8) is 0 Å². The van der Waals surface area contributed by atoms with E-state index in [1.807, 2.05) is 42.5 Å². The first kappa shape index (κ1) is 26.8. The zero-order valence-electron chi connectivity index (χ0n) is 20.8. The van der Waals surface area contributed by atoms with Crippen LogP contribution in [0.3, 0.4) is 0 Å². The fraction of sp³-hybridized carbons (Fsp3) is 0.345. The van der Waals surface area contributed by atoms with Crippen molar-refractivity contribution in [2.24, 2.45) is 0 Å². The first-order valence-electron chi connectivity index (χ1n) is 12.5. The molecule has 1 aliphatic carbocycles. The lowest BCUT2D eigenvalue weighted by Crippen LogP contribution is -2.37. The molecule has 6 nitrogen and oxygen atoms in total. The van der Waals surface area contributed by atoms with E-state index in [1.165, 1.54) is 18.2 Å². The zero-order chi connectivity index (χ0) is 26.2. The Morgan fingerprint density at radius 3 is 2.49 bits per heavy atom. The number of nitrogens with zero attached hydrogens (tertiary/aromatic N) is 1. The van der Waals surface area contributed by atoms with Crippen LogP contribution in [0.25, 0.3) is 0 Å². The Kier molecular flexibility index (Phi) is 9.32. The third kappa shape index (κ3) is 6.97. The summed E-state index contributed by atoms with van der Waals surface area (Å²) in [5, 5.41) is 17.7. The molecule has 1 aliphatic heterocycles.